The van der Waals surface area contributed by atoms with Gasteiger partial charge in [0.1, 0.15) is 5.82 Å². The molecule has 0 spiro atoms. The van der Waals surface area contributed by atoms with E-state index in [2.05, 4.69) is 15.6 Å². The molecule has 2 N–H and O–H groups in total. The van der Waals surface area contributed by atoms with E-state index in [4.69, 9.17) is 0 Å². The first-order chi connectivity index (χ1) is 13.5. The van der Waals surface area contributed by atoms with Gasteiger partial charge in [0.05, 0.1) is 11.3 Å². The molecule has 2 aromatic carbocycles. The second-order valence-corrected chi connectivity index (χ2v) is 6.13. The number of hydrogen-bond donors (Lipinski definition) is 2. The smallest absolute Gasteiger partial charge is 0.252 e. The number of nitrogens with one attached hydrogen (secondary N) is 2. The van der Waals surface area contributed by atoms with E-state index in [0.29, 0.717) is 12.1 Å². The molecule has 0 aliphatic heterocycles. The Labute approximate surface area is 160 Å². The number of rotatable bonds is 7. The van der Waals surface area contributed by atoms with Crippen LogP contribution in [-0.2, 0) is 6.42 Å². The number of benzene rings is 2. The van der Waals surface area contributed by atoms with Crippen LogP contribution in [0.2, 0.25) is 0 Å². The van der Waals surface area contributed by atoms with Gasteiger partial charge in [0.15, 0.2) is 17.5 Å². The summed E-state index contributed by atoms with van der Waals surface area (Å²) >= 11 is 0. The zero-order valence-electron chi connectivity index (χ0n) is 14.9. The van der Waals surface area contributed by atoms with Crippen LogP contribution in [0.5, 0.6) is 0 Å². The summed E-state index contributed by atoms with van der Waals surface area (Å²) in [5.74, 6) is -4.23. The fourth-order valence-corrected chi connectivity index (χ4v) is 2.60. The fourth-order valence-electron chi connectivity index (χ4n) is 2.60. The molecule has 0 bridgehead atoms. The number of nitrogens with zero attached hydrogens (tertiary/aromatic N) is 1. The van der Waals surface area contributed by atoms with Crippen molar-refractivity contribution in [1.82, 2.24) is 10.3 Å². The summed E-state index contributed by atoms with van der Waals surface area (Å²) in [6.45, 7) is 0.522. The molecule has 1 aromatic heterocycles. The first kappa shape index (κ1) is 19.4. The molecule has 0 unspecified atom stereocenters. The number of anilines is 2. The number of hydrogen-bond acceptors (Lipinski definition) is 3. The molecule has 7 heteroatoms. The van der Waals surface area contributed by atoms with E-state index in [-0.39, 0.29) is 17.4 Å². The SMILES string of the molecule is O=C(NCCCc1ccccc1)c1ccc(Nc2ccc(F)c(F)c2F)nc1. The molecule has 0 saturated heterocycles. The van der Waals surface area contributed by atoms with Crippen LogP contribution in [0.25, 0.3) is 0 Å². The highest BCUT2D eigenvalue weighted by atomic mass is 19.2. The topological polar surface area (TPSA) is 54.0 Å². The third kappa shape index (κ3) is 4.88. The second kappa shape index (κ2) is 9.03. The minimum Gasteiger partial charge on any atom is -0.352 e. The lowest BCUT2D eigenvalue weighted by Crippen LogP contribution is -2.24. The minimum absolute atomic E-state index is 0.200. The van der Waals surface area contributed by atoms with Gasteiger partial charge in [0, 0.05) is 12.7 Å². The number of aromatic nitrogens is 1. The van der Waals surface area contributed by atoms with Crippen LogP contribution in [0, 0.1) is 17.5 Å². The predicted octanol–water partition coefficient (Wildman–Crippen LogP) is 4.61. The fraction of sp³-hybridized carbons (Fsp3) is 0.143. The summed E-state index contributed by atoms with van der Waals surface area (Å²) < 4.78 is 39.9. The highest BCUT2D eigenvalue weighted by Gasteiger charge is 2.14. The number of pyridine rings is 1. The molecule has 0 aliphatic carbocycles. The van der Waals surface area contributed by atoms with E-state index < -0.39 is 17.5 Å². The third-order valence-electron chi connectivity index (χ3n) is 4.09. The minimum atomic E-state index is -1.56. The Morgan fingerprint density at radius 3 is 2.43 bits per heavy atom. The zero-order chi connectivity index (χ0) is 19.9. The van der Waals surface area contributed by atoms with Crippen molar-refractivity contribution in [3.8, 4) is 0 Å². The highest BCUT2D eigenvalue weighted by Crippen LogP contribution is 2.22. The molecule has 0 fully saturated rings. The first-order valence-corrected chi connectivity index (χ1v) is 8.73. The van der Waals surface area contributed by atoms with E-state index in [1.165, 1.54) is 23.9 Å². The van der Waals surface area contributed by atoms with Gasteiger partial charge in [-0.15, -0.1) is 0 Å². The second-order valence-electron chi connectivity index (χ2n) is 6.13. The molecule has 144 valence electrons. The first-order valence-electron chi connectivity index (χ1n) is 8.73. The Bertz CT molecular complexity index is 947. The summed E-state index contributed by atoms with van der Waals surface area (Å²) in [5, 5.41) is 5.36. The van der Waals surface area contributed by atoms with Crippen molar-refractivity contribution < 1.29 is 18.0 Å². The van der Waals surface area contributed by atoms with E-state index in [9.17, 15) is 18.0 Å². The molecular formula is C21H18F3N3O. The van der Waals surface area contributed by atoms with Crippen LogP contribution in [0.15, 0.2) is 60.8 Å². The lowest BCUT2D eigenvalue weighted by Gasteiger charge is -2.09. The van der Waals surface area contributed by atoms with Crippen molar-refractivity contribution in [3.63, 3.8) is 0 Å². The maximum absolute atomic E-state index is 13.7. The molecule has 4 nitrogen and oxygen atoms in total. The van der Waals surface area contributed by atoms with Crippen molar-refractivity contribution in [2.75, 3.05) is 11.9 Å². The normalized spacial score (nSPS) is 10.5. The van der Waals surface area contributed by atoms with Gasteiger partial charge in [0.25, 0.3) is 5.91 Å². The Morgan fingerprint density at radius 1 is 0.929 bits per heavy atom. The molecule has 0 saturated carbocycles. The molecule has 28 heavy (non-hydrogen) atoms. The van der Waals surface area contributed by atoms with Gasteiger partial charge in [-0.05, 0) is 42.7 Å². The van der Waals surface area contributed by atoms with Crippen molar-refractivity contribution >= 4 is 17.4 Å². The van der Waals surface area contributed by atoms with Gasteiger partial charge in [0.2, 0.25) is 0 Å². The Kier molecular flexibility index (Phi) is 6.26. The Morgan fingerprint density at radius 2 is 1.71 bits per heavy atom. The van der Waals surface area contributed by atoms with Gasteiger partial charge in [-0.2, -0.15) is 0 Å². The summed E-state index contributed by atoms with van der Waals surface area (Å²) in [6.07, 6.45) is 2.99. The number of carbonyl (C=O) groups is 1. The summed E-state index contributed by atoms with van der Waals surface area (Å²) in [5.41, 5.74) is 1.30. The standard InChI is InChI=1S/C21H18F3N3O/c22-16-9-10-17(20(24)19(16)23)27-18-11-8-15(13-26-18)21(28)25-12-4-7-14-5-2-1-3-6-14/h1-3,5-6,8-11,13H,4,7,12H2,(H,25,28)(H,26,27). The van der Waals surface area contributed by atoms with Crippen LogP contribution in [0.4, 0.5) is 24.7 Å². The highest BCUT2D eigenvalue weighted by molar-refractivity contribution is 5.94. The number of halogens is 3. The maximum Gasteiger partial charge on any atom is 0.252 e. The van der Waals surface area contributed by atoms with E-state index in [0.717, 1.165) is 25.0 Å². The lowest BCUT2D eigenvalue weighted by molar-refractivity contribution is 0.0953. The van der Waals surface area contributed by atoms with Crippen LogP contribution in [0.3, 0.4) is 0 Å². The predicted molar refractivity (Wildman–Crippen MR) is 101 cm³/mol. The lowest BCUT2D eigenvalue weighted by atomic mass is 10.1. The molecule has 0 atom stereocenters. The molecule has 0 aliphatic rings. The number of aryl methyl sites for hydroxylation is 1. The average molecular weight is 385 g/mol. The summed E-state index contributed by atoms with van der Waals surface area (Å²) in [4.78, 5) is 16.1. The van der Waals surface area contributed by atoms with Crippen molar-refractivity contribution in [1.29, 1.82) is 0 Å². The third-order valence-corrected chi connectivity index (χ3v) is 4.09. The van der Waals surface area contributed by atoms with Gasteiger partial charge >= 0.3 is 0 Å². The number of amides is 1. The molecule has 3 aromatic rings. The van der Waals surface area contributed by atoms with Crippen LogP contribution < -0.4 is 10.6 Å². The molecule has 0 radical (unpaired) electrons. The van der Waals surface area contributed by atoms with E-state index in [1.54, 1.807) is 0 Å². The Hall–Kier alpha value is -3.35. The van der Waals surface area contributed by atoms with Crippen molar-refractivity contribution in [2.45, 2.75) is 12.8 Å². The van der Waals surface area contributed by atoms with Crippen LogP contribution >= 0.6 is 0 Å². The van der Waals surface area contributed by atoms with Gasteiger partial charge in [-0.1, -0.05) is 30.3 Å². The van der Waals surface area contributed by atoms with Crippen molar-refractivity contribution in [3.05, 3.63) is 89.4 Å². The summed E-state index contributed by atoms with van der Waals surface area (Å²) in [6, 6.07) is 14.8. The molecule has 1 amide bonds. The number of carbonyl (C=O) groups excluding carboxylic acids is 1. The molecular weight excluding hydrogens is 367 g/mol. The average Bonchev–Trinajstić information content (AvgIpc) is 2.73. The van der Waals surface area contributed by atoms with Gasteiger partial charge < -0.3 is 10.6 Å². The largest absolute Gasteiger partial charge is 0.352 e. The molecule has 1 heterocycles. The van der Waals surface area contributed by atoms with Gasteiger partial charge in [-0.25, -0.2) is 18.2 Å². The Balaban J connectivity index is 1.52. The zero-order valence-corrected chi connectivity index (χ0v) is 14.9. The van der Waals surface area contributed by atoms with E-state index in [1.807, 2.05) is 30.3 Å². The quantitative estimate of drug-likeness (QED) is 0.461. The van der Waals surface area contributed by atoms with Crippen molar-refractivity contribution in [2.24, 2.45) is 0 Å². The monoisotopic (exact) mass is 385 g/mol. The summed E-state index contributed by atoms with van der Waals surface area (Å²) in [7, 11) is 0. The van der Waals surface area contributed by atoms with Crippen LogP contribution in [0.1, 0.15) is 22.3 Å². The van der Waals surface area contributed by atoms with Crippen LogP contribution in [-0.4, -0.2) is 17.4 Å². The molecule has 3 rings (SSSR count). The maximum atomic E-state index is 13.7. The van der Waals surface area contributed by atoms with E-state index >= 15 is 0 Å². The van der Waals surface area contributed by atoms with Gasteiger partial charge in [-0.3, -0.25) is 4.79 Å².